The van der Waals surface area contributed by atoms with Crippen molar-refractivity contribution in [2.75, 3.05) is 18.9 Å². The first-order valence-electron chi connectivity index (χ1n) is 5.39. The number of hydrogen-bond donors (Lipinski definition) is 2. The molecule has 2 rings (SSSR count). The van der Waals surface area contributed by atoms with Gasteiger partial charge in [0.15, 0.2) is 0 Å². The van der Waals surface area contributed by atoms with Crippen LogP contribution in [-0.2, 0) is 14.8 Å². The van der Waals surface area contributed by atoms with Gasteiger partial charge in [-0.15, -0.1) is 0 Å². The predicted octanol–water partition coefficient (Wildman–Crippen LogP) is 0.121. The molecule has 1 unspecified atom stereocenters. The van der Waals surface area contributed by atoms with Gasteiger partial charge in [-0.3, -0.25) is 4.98 Å². The van der Waals surface area contributed by atoms with E-state index in [-0.39, 0.29) is 16.6 Å². The Morgan fingerprint density at radius 3 is 3.00 bits per heavy atom. The average molecular weight is 257 g/mol. The van der Waals surface area contributed by atoms with E-state index in [9.17, 15) is 8.42 Å². The van der Waals surface area contributed by atoms with E-state index in [1.165, 1.54) is 18.5 Å². The Kier molecular flexibility index (Phi) is 3.60. The van der Waals surface area contributed by atoms with E-state index in [1.807, 2.05) is 0 Å². The molecule has 1 aliphatic heterocycles. The van der Waals surface area contributed by atoms with Crippen LogP contribution in [0.5, 0.6) is 0 Å². The van der Waals surface area contributed by atoms with Crippen LogP contribution in [0.15, 0.2) is 23.4 Å². The first-order chi connectivity index (χ1) is 8.09. The number of nitrogen functional groups attached to an aromatic ring is 1. The summed E-state index contributed by atoms with van der Waals surface area (Å²) in [4.78, 5) is 3.79. The quantitative estimate of drug-likeness (QED) is 0.802. The lowest BCUT2D eigenvalue weighted by atomic mass is 10.1. The van der Waals surface area contributed by atoms with Gasteiger partial charge in [0.25, 0.3) is 0 Å². The Balaban J connectivity index is 2.16. The third-order valence-corrected chi connectivity index (χ3v) is 4.15. The molecule has 1 atom stereocenters. The van der Waals surface area contributed by atoms with Gasteiger partial charge in [0.2, 0.25) is 10.0 Å². The number of hydrogen-bond acceptors (Lipinski definition) is 5. The number of ether oxygens (including phenoxy) is 1. The maximum atomic E-state index is 12.0. The molecule has 0 spiro atoms. The molecule has 0 amide bonds. The fourth-order valence-electron chi connectivity index (χ4n) is 1.73. The van der Waals surface area contributed by atoms with E-state index in [1.54, 1.807) is 0 Å². The standard InChI is InChI=1S/C10H15N3O3S/c11-9-3-4-12-6-10(9)17(14,15)13-8-2-1-5-16-7-8/h3-4,6,8,13H,1-2,5,7H2,(H2,11,12). The summed E-state index contributed by atoms with van der Waals surface area (Å²) in [5.41, 5.74) is 5.82. The number of aromatic nitrogens is 1. The van der Waals surface area contributed by atoms with Gasteiger partial charge in [-0.2, -0.15) is 0 Å². The lowest BCUT2D eigenvalue weighted by Gasteiger charge is -2.23. The van der Waals surface area contributed by atoms with Gasteiger partial charge in [0, 0.05) is 25.0 Å². The van der Waals surface area contributed by atoms with Crippen LogP contribution < -0.4 is 10.5 Å². The summed E-state index contributed by atoms with van der Waals surface area (Å²) in [5, 5.41) is 0. The summed E-state index contributed by atoms with van der Waals surface area (Å²) < 4.78 is 31.9. The second-order valence-electron chi connectivity index (χ2n) is 3.95. The predicted molar refractivity (Wildman–Crippen MR) is 62.8 cm³/mol. The molecule has 94 valence electrons. The molecule has 6 nitrogen and oxygen atoms in total. The van der Waals surface area contributed by atoms with Crippen LogP contribution in [0, 0.1) is 0 Å². The number of nitrogens with one attached hydrogen (secondary N) is 1. The van der Waals surface area contributed by atoms with Gasteiger partial charge in [-0.05, 0) is 18.9 Å². The van der Waals surface area contributed by atoms with Gasteiger partial charge in [0.05, 0.1) is 12.3 Å². The molecule has 7 heteroatoms. The minimum absolute atomic E-state index is 0.0190. The van der Waals surface area contributed by atoms with Crippen LogP contribution in [-0.4, -0.2) is 32.7 Å². The number of nitrogens with zero attached hydrogens (tertiary/aromatic N) is 1. The zero-order valence-corrected chi connectivity index (χ0v) is 10.1. The van der Waals surface area contributed by atoms with Gasteiger partial charge < -0.3 is 10.5 Å². The molecule has 2 heterocycles. The van der Waals surface area contributed by atoms with Gasteiger partial charge in [-0.25, -0.2) is 13.1 Å². The molecule has 3 N–H and O–H groups in total. The first kappa shape index (κ1) is 12.3. The average Bonchev–Trinajstić information content (AvgIpc) is 2.30. The van der Waals surface area contributed by atoms with Crippen molar-refractivity contribution in [3.05, 3.63) is 18.5 Å². The van der Waals surface area contributed by atoms with Crippen molar-refractivity contribution in [2.24, 2.45) is 0 Å². The van der Waals surface area contributed by atoms with Crippen molar-refractivity contribution in [1.29, 1.82) is 0 Å². The topological polar surface area (TPSA) is 94.3 Å². The van der Waals surface area contributed by atoms with Crippen LogP contribution in [0.2, 0.25) is 0 Å². The van der Waals surface area contributed by atoms with E-state index in [2.05, 4.69) is 9.71 Å². The fourth-order valence-corrected chi connectivity index (χ4v) is 3.06. The number of anilines is 1. The van der Waals surface area contributed by atoms with Crippen molar-refractivity contribution in [1.82, 2.24) is 9.71 Å². The fraction of sp³-hybridized carbons (Fsp3) is 0.500. The summed E-state index contributed by atoms with van der Waals surface area (Å²) in [6, 6.07) is 1.28. The number of pyridine rings is 1. The number of sulfonamides is 1. The van der Waals surface area contributed by atoms with Gasteiger partial charge in [0.1, 0.15) is 4.90 Å². The van der Waals surface area contributed by atoms with Crippen molar-refractivity contribution >= 4 is 15.7 Å². The van der Waals surface area contributed by atoms with Crippen LogP contribution in [0.4, 0.5) is 5.69 Å². The highest BCUT2D eigenvalue weighted by atomic mass is 32.2. The van der Waals surface area contributed by atoms with Crippen molar-refractivity contribution < 1.29 is 13.2 Å². The second-order valence-corrected chi connectivity index (χ2v) is 5.63. The molecule has 0 radical (unpaired) electrons. The molecule has 1 aliphatic rings. The minimum Gasteiger partial charge on any atom is -0.398 e. The molecule has 0 saturated carbocycles. The third kappa shape index (κ3) is 2.93. The van der Waals surface area contributed by atoms with E-state index in [4.69, 9.17) is 10.5 Å². The third-order valence-electron chi connectivity index (χ3n) is 2.59. The maximum absolute atomic E-state index is 12.0. The van der Waals surface area contributed by atoms with E-state index < -0.39 is 10.0 Å². The van der Waals surface area contributed by atoms with Crippen molar-refractivity contribution in [3.8, 4) is 0 Å². The van der Waals surface area contributed by atoms with Crippen molar-refractivity contribution in [3.63, 3.8) is 0 Å². The molecule has 1 fully saturated rings. The van der Waals surface area contributed by atoms with Gasteiger partial charge >= 0.3 is 0 Å². The normalized spacial score (nSPS) is 21.3. The Labute approximate surface area is 100 Å². The van der Waals surface area contributed by atoms with Crippen LogP contribution in [0.1, 0.15) is 12.8 Å². The summed E-state index contributed by atoms with van der Waals surface area (Å²) in [7, 11) is -3.61. The zero-order valence-electron chi connectivity index (χ0n) is 9.30. The molecular weight excluding hydrogens is 242 g/mol. The highest BCUT2D eigenvalue weighted by Gasteiger charge is 2.23. The first-order valence-corrected chi connectivity index (χ1v) is 6.87. The highest BCUT2D eigenvalue weighted by Crippen LogP contribution is 2.17. The molecule has 17 heavy (non-hydrogen) atoms. The molecule has 1 saturated heterocycles. The lowest BCUT2D eigenvalue weighted by Crippen LogP contribution is -2.40. The number of nitrogens with two attached hydrogens (primary N) is 1. The van der Waals surface area contributed by atoms with E-state index in [0.717, 1.165) is 12.8 Å². The molecule has 0 bridgehead atoms. The van der Waals surface area contributed by atoms with Gasteiger partial charge in [-0.1, -0.05) is 0 Å². The molecule has 1 aromatic heterocycles. The minimum atomic E-state index is -3.61. The number of rotatable bonds is 3. The Morgan fingerprint density at radius 2 is 2.35 bits per heavy atom. The maximum Gasteiger partial charge on any atom is 0.244 e. The van der Waals surface area contributed by atoms with Crippen LogP contribution >= 0.6 is 0 Å². The smallest absolute Gasteiger partial charge is 0.244 e. The Bertz CT molecular complexity index is 483. The zero-order chi connectivity index (χ0) is 12.3. The van der Waals surface area contributed by atoms with Crippen LogP contribution in [0.25, 0.3) is 0 Å². The summed E-state index contributed by atoms with van der Waals surface area (Å²) in [6.07, 6.45) is 4.34. The highest BCUT2D eigenvalue weighted by molar-refractivity contribution is 7.89. The summed E-state index contributed by atoms with van der Waals surface area (Å²) >= 11 is 0. The monoisotopic (exact) mass is 257 g/mol. The largest absolute Gasteiger partial charge is 0.398 e. The van der Waals surface area contributed by atoms with E-state index in [0.29, 0.717) is 13.2 Å². The SMILES string of the molecule is Nc1ccncc1S(=O)(=O)NC1CCCOC1. The van der Waals surface area contributed by atoms with Crippen LogP contribution in [0.3, 0.4) is 0 Å². The molecule has 0 aromatic carbocycles. The second kappa shape index (κ2) is 4.99. The molecular formula is C10H15N3O3S. The Hall–Kier alpha value is -1.18. The van der Waals surface area contributed by atoms with Crippen molar-refractivity contribution in [2.45, 2.75) is 23.8 Å². The lowest BCUT2D eigenvalue weighted by molar-refractivity contribution is 0.0774. The summed E-state index contributed by atoms with van der Waals surface area (Å²) in [5.74, 6) is 0. The Morgan fingerprint density at radius 1 is 1.53 bits per heavy atom. The molecule has 0 aliphatic carbocycles. The summed E-state index contributed by atoms with van der Waals surface area (Å²) in [6.45, 7) is 1.09. The van der Waals surface area contributed by atoms with E-state index >= 15 is 0 Å². The molecule has 1 aromatic rings.